The van der Waals surface area contributed by atoms with E-state index in [2.05, 4.69) is 17.0 Å². The number of piperazine rings is 1. The summed E-state index contributed by atoms with van der Waals surface area (Å²) in [5, 5.41) is 0.945. The molecule has 0 saturated carbocycles. The van der Waals surface area contributed by atoms with E-state index in [9.17, 15) is 0 Å². The number of hydrogen-bond donors (Lipinski definition) is 3. The molecule has 94 valence electrons. The summed E-state index contributed by atoms with van der Waals surface area (Å²) >= 11 is 0. The van der Waals surface area contributed by atoms with Gasteiger partial charge in [-0.05, 0) is 12.1 Å². The van der Waals surface area contributed by atoms with Crippen LogP contribution in [0.25, 0.3) is 10.9 Å². The number of fused-ring (bicyclic) bond motifs is 1. The first-order valence-corrected chi connectivity index (χ1v) is 6.42. The van der Waals surface area contributed by atoms with Crippen LogP contribution in [-0.4, -0.2) is 43.2 Å². The summed E-state index contributed by atoms with van der Waals surface area (Å²) in [7, 11) is 2.23. The Kier molecular flexibility index (Phi) is 2.85. The van der Waals surface area contributed by atoms with E-state index in [1.807, 2.05) is 24.3 Å². The number of benzene rings is 1. The summed E-state index contributed by atoms with van der Waals surface area (Å²) in [6.07, 6.45) is 0. The predicted octanol–water partition coefficient (Wildman–Crippen LogP) is -1.74. The van der Waals surface area contributed by atoms with Crippen molar-refractivity contribution in [2.75, 3.05) is 39.0 Å². The Labute approximate surface area is 106 Å². The second kappa shape index (κ2) is 4.51. The molecule has 2 aromatic rings. The average Bonchev–Trinajstić information content (AvgIpc) is 2.39. The standard InChI is InChI=1S/C13H17N5/c1-17-6-8-18(9-7-17)13-15-11-5-3-2-4-10(11)12(14)16-13/h2-5H,6-9H2,1H3,(H2,14,15,16)/p+2. The van der Waals surface area contributed by atoms with Crippen molar-refractivity contribution in [2.45, 2.75) is 0 Å². The zero-order valence-electron chi connectivity index (χ0n) is 10.6. The van der Waals surface area contributed by atoms with Gasteiger partial charge in [-0.3, -0.25) is 4.90 Å². The van der Waals surface area contributed by atoms with Crippen molar-refractivity contribution in [3.8, 4) is 0 Å². The van der Waals surface area contributed by atoms with Crippen LogP contribution < -0.4 is 15.5 Å². The molecular formula is C13H19N5+2. The molecular weight excluding hydrogens is 226 g/mol. The molecule has 5 nitrogen and oxygen atoms in total. The topological polar surface area (TPSA) is 60.7 Å². The van der Waals surface area contributed by atoms with Crippen LogP contribution in [0.5, 0.6) is 0 Å². The maximum atomic E-state index is 6.02. The van der Waals surface area contributed by atoms with Crippen LogP contribution in [0.1, 0.15) is 0 Å². The fraction of sp³-hybridized carbons (Fsp3) is 0.385. The van der Waals surface area contributed by atoms with Gasteiger partial charge in [0.1, 0.15) is 32.0 Å². The summed E-state index contributed by atoms with van der Waals surface area (Å²) < 4.78 is 0. The lowest BCUT2D eigenvalue weighted by Gasteiger charge is -2.25. The van der Waals surface area contributed by atoms with E-state index in [0.29, 0.717) is 5.82 Å². The van der Waals surface area contributed by atoms with Gasteiger partial charge in [-0.1, -0.05) is 12.1 Å². The third-order valence-electron chi connectivity index (χ3n) is 3.66. The first-order chi connectivity index (χ1) is 8.74. The third-order valence-corrected chi connectivity index (χ3v) is 3.66. The fourth-order valence-electron chi connectivity index (χ4n) is 2.46. The molecule has 0 aliphatic carbocycles. The minimum Gasteiger partial charge on any atom is -0.383 e. The summed E-state index contributed by atoms with van der Waals surface area (Å²) in [6.45, 7) is 4.46. The Morgan fingerprint density at radius 2 is 1.78 bits per heavy atom. The van der Waals surface area contributed by atoms with Crippen molar-refractivity contribution in [2.24, 2.45) is 0 Å². The van der Waals surface area contributed by atoms with E-state index in [0.717, 1.165) is 43.0 Å². The largest absolute Gasteiger partial charge is 0.383 e. The molecule has 1 aromatic heterocycles. The quantitative estimate of drug-likeness (QED) is 0.559. The van der Waals surface area contributed by atoms with E-state index < -0.39 is 0 Å². The molecule has 0 unspecified atom stereocenters. The summed E-state index contributed by atoms with van der Waals surface area (Å²) in [5.41, 5.74) is 6.96. The highest BCUT2D eigenvalue weighted by Gasteiger charge is 2.24. The zero-order valence-corrected chi connectivity index (χ0v) is 10.6. The molecule has 1 aliphatic heterocycles. The van der Waals surface area contributed by atoms with Gasteiger partial charge in [0, 0.05) is 5.39 Å². The molecule has 0 atom stereocenters. The highest BCUT2D eigenvalue weighted by molar-refractivity contribution is 5.88. The Morgan fingerprint density at radius 3 is 2.56 bits per heavy atom. The fourth-order valence-corrected chi connectivity index (χ4v) is 2.46. The van der Waals surface area contributed by atoms with E-state index in [-0.39, 0.29) is 0 Å². The molecule has 0 radical (unpaired) electrons. The number of nitrogens with one attached hydrogen (secondary N) is 2. The molecule has 1 aliphatic rings. The molecule has 2 heterocycles. The first kappa shape index (κ1) is 11.4. The summed E-state index contributed by atoms with van der Waals surface area (Å²) in [6, 6.07) is 7.92. The van der Waals surface area contributed by atoms with Gasteiger partial charge < -0.3 is 10.6 Å². The molecule has 1 aromatic carbocycles. The molecule has 0 bridgehead atoms. The van der Waals surface area contributed by atoms with E-state index in [1.54, 1.807) is 4.90 Å². The van der Waals surface area contributed by atoms with Crippen LogP contribution in [0.3, 0.4) is 0 Å². The van der Waals surface area contributed by atoms with Crippen molar-refractivity contribution in [1.82, 2.24) is 9.97 Å². The monoisotopic (exact) mass is 245 g/mol. The van der Waals surface area contributed by atoms with E-state index in [4.69, 9.17) is 5.73 Å². The number of hydrogen-bond acceptors (Lipinski definition) is 3. The average molecular weight is 245 g/mol. The van der Waals surface area contributed by atoms with Crippen molar-refractivity contribution in [3.63, 3.8) is 0 Å². The number of quaternary nitrogens is 2. The Bertz CT molecular complexity index is 560. The van der Waals surface area contributed by atoms with Gasteiger partial charge in [0.2, 0.25) is 0 Å². The van der Waals surface area contributed by atoms with Gasteiger partial charge in [0.15, 0.2) is 0 Å². The molecule has 3 rings (SSSR count). The van der Waals surface area contributed by atoms with E-state index in [1.165, 1.54) is 4.90 Å². The molecule has 1 saturated heterocycles. The van der Waals surface area contributed by atoms with Gasteiger partial charge in [-0.2, -0.15) is 9.97 Å². The molecule has 0 amide bonds. The van der Waals surface area contributed by atoms with Gasteiger partial charge >= 0.3 is 5.95 Å². The molecule has 0 spiro atoms. The normalized spacial score (nSPS) is 24.3. The highest BCUT2D eigenvalue weighted by Crippen LogP contribution is 2.17. The number of para-hydroxylation sites is 1. The predicted molar refractivity (Wildman–Crippen MR) is 70.9 cm³/mol. The number of anilines is 1. The van der Waals surface area contributed by atoms with Gasteiger partial charge in [-0.25, -0.2) is 0 Å². The summed E-state index contributed by atoms with van der Waals surface area (Å²) in [5.74, 6) is 1.44. The van der Waals surface area contributed by atoms with Crippen molar-refractivity contribution in [3.05, 3.63) is 24.3 Å². The van der Waals surface area contributed by atoms with Gasteiger partial charge in [-0.15, -0.1) is 0 Å². The lowest BCUT2D eigenvalue weighted by molar-refractivity contribution is -0.977. The smallest absolute Gasteiger partial charge is 0.330 e. The molecule has 1 fully saturated rings. The van der Waals surface area contributed by atoms with Crippen LogP contribution in [0.4, 0.5) is 11.8 Å². The van der Waals surface area contributed by atoms with E-state index >= 15 is 0 Å². The number of rotatable bonds is 1. The van der Waals surface area contributed by atoms with Crippen molar-refractivity contribution in [1.29, 1.82) is 0 Å². The van der Waals surface area contributed by atoms with Crippen LogP contribution in [0.15, 0.2) is 24.3 Å². The minimum atomic E-state index is 0.592. The van der Waals surface area contributed by atoms with Crippen molar-refractivity contribution >= 4 is 22.7 Å². The molecule has 4 N–H and O–H groups in total. The lowest BCUT2D eigenvalue weighted by Crippen LogP contribution is -3.25. The minimum absolute atomic E-state index is 0.592. The number of nitrogens with zero attached hydrogens (tertiary/aromatic N) is 2. The van der Waals surface area contributed by atoms with Crippen LogP contribution >= 0.6 is 0 Å². The van der Waals surface area contributed by atoms with Gasteiger partial charge in [0.25, 0.3) is 0 Å². The number of nitrogens with two attached hydrogens (primary N) is 1. The van der Waals surface area contributed by atoms with Crippen LogP contribution in [-0.2, 0) is 0 Å². The summed E-state index contributed by atoms with van der Waals surface area (Å²) in [4.78, 5) is 12.0. The molecule has 5 heteroatoms. The third kappa shape index (κ3) is 2.02. The number of aromatic nitrogens is 2. The highest BCUT2D eigenvalue weighted by atomic mass is 15.3. The van der Waals surface area contributed by atoms with Gasteiger partial charge in [0.05, 0.1) is 12.6 Å². The second-order valence-electron chi connectivity index (χ2n) is 5.01. The lowest BCUT2D eigenvalue weighted by atomic mass is 10.2. The second-order valence-corrected chi connectivity index (χ2v) is 5.01. The first-order valence-electron chi connectivity index (χ1n) is 6.42. The maximum Gasteiger partial charge on any atom is 0.330 e. The van der Waals surface area contributed by atoms with Crippen molar-refractivity contribution < 1.29 is 9.80 Å². The Hall–Kier alpha value is -1.72. The van der Waals surface area contributed by atoms with Crippen LogP contribution in [0, 0.1) is 0 Å². The SMILES string of the molecule is C[NH+]1CC[NH+](c2nc(N)c3ccccc3n2)CC1. The Morgan fingerprint density at radius 1 is 1.06 bits per heavy atom. The zero-order chi connectivity index (χ0) is 12.5. The maximum absolute atomic E-state index is 6.02. The number of nitrogen functional groups attached to an aromatic ring is 1. The molecule has 18 heavy (non-hydrogen) atoms. The Balaban J connectivity index is 1.97. The van der Waals surface area contributed by atoms with Crippen LogP contribution in [0.2, 0.25) is 0 Å². The number of likely N-dealkylation sites (N-methyl/N-ethyl adjacent to an activating group) is 1.